The lowest BCUT2D eigenvalue weighted by molar-refractivity contribution is 0.117. The number of nitrogen functional groups attached to an aromatic ring is 1. The average molecular weight is 325 g/mol. The van der Waals surface area contributed by atoms with E-state index in [1.165, 1.54) is 12.1 Å². The maximum atomic E-state index is 12.3. The van der Waals surface area contributed by atoms with Crippen LogP contribution in [0.3, 0.4) is 0 Å². The zero-order valence-electron chi connectivity index (χ0n) is 10.2. The standard InChI is InChI=1S/C11H14Cl2N2O3S/c1-6-10(2-3-18-6)15-19(16,17)11-8(12)4-7(14)5-9(11)13/h4-6,10,15H,2-3,14H2,1H3. The first-order valence-corrected chi connectivity index (χ1v) is 7.93. The summed E-state index contributed by atoms with van der Waals surface area (Å²) in [6.07, 6.45) is 0.436. The second kappa shape index (κ2) is 5.46. The Morgan fingerprint density at radius 3 is 2.42 bits per heavy atom. The molecular weight excluding hydrogens is 311 g/mol. The highest BCUT2D eigenvalue weighted by molar-refractivity contribution is 7.89. The molecule has 1 aromatic rings. The van der Waals surface area contributed by atoms with Crippen molar-refractivity contribution in [3.05, 3.63) is 22.2 Å². The number of ether oxygens (including phenoxy) is 1. The molecule has 3 N–H and O–H groups in total. The Morgan fingerprint density at radius 2 is 1.95 bits per heavy atom. The van der Waals surface area contributed by atoms with Gasteiger partial charge < -0.3 is 10.5 Å². The fourth-order valence-corrected chi connectivity index (χ4v) is 4.55. The summed E-state index contributed by atoms with van der Waals surface area (Å²) in [5.74, 6) is 0. The zero-order chi connectivity index (χ0) is 14.2. The third kappa shape index (κ3) is 3.14. The van der Waals surface area contributed by atoms with Gasteiger partial charge in [0.05, 0.1) is 22.2 Å². The molecule has 0 aromatic heterocycles. The average Bonchev–Trinajstić information content (AvgIpc) is 2.61. The molecule has 0 saturated carbocycles. The van der Waals surface area contributed by atoms with E-state index in [1.54, 1.807) is 0 Å². The minimum absolute atomic E-state index is 0.00377. The van der Waals surface area contributed by atoms with Crippen molar-refractivity contribution < 1.29 is 13.2 Å². The molecule has 1 aromatic carbocycles. The van der Waals surface area contributed by atoms with E-state index < -0.39 is 10.0 Å². The molecule has 0 spiro atoms. The van der Waals surface area contributed by atoms with Crippen LogP contribution >= 0.6 is 23.2 Å². The third-order valence-electron chi connectivity index (χ3n) is 2.97. The van der Waals surface area contributed by atoms with Crippen LogP contribution in [0.25, 0.3) is 0 Å². The molecule has 0 bridgehead atoms. The fourth-order valence-electron chi connectivity index (χ4n) is 1.98. The lowest BCUT2D eigenvalue weighted by Crippen LogP contribution is -2.39. The van der Waals surface area contributed by atoms with Crippen LogP contribution in [0.1, 0.15) is 13.3 Å². The smallest absolute Gasteiger partial charge is 0.243 e. The van der Waals surface area contributed by atoms with Gasteiger partial charge >= 0.3 is 0 Å². The second-order valence-corrected chi connectivity index (χ2v) is 6.87. The summed E-state index contributed by atoms with van der Waals surface area (Å²) in [6, 6.07) is 2.43. The van der Waals surface area contributed by atoms with E-state index in [0.717, 1.165) is 0 Å². The van der Waals surface area contributed by atoms with E-state index in [0.29, 0.717) is 18.7 Å². The van der Waals surface area contributed by atoms with Crippen LogP contribution < -0.4 is 10.5 Å². The van der Waals surface area contributed by atoms with Gasteiger partial charge in [-0.25, -0.2) is 13.1 Å². The molecule has 2 rings (SSSR count). The van der Waals surface area contributed by atoms with Crippen molar-refractivity contribution in [1.82, 2.24) is 4.72 Å². The van der Waals surface area contributed by atoms with Crippen LogP contribution in [0.5, 0.6) is 0 Å². The zero-order valence-corrected chi connectivity index (χ0v) is 12.5. The molecule has 0 radical (unpaired) electrons. The number of nitrogens with one attached hydrogen (secondary N) is 1. The molecule has 0 amide bonds. The van der Waals surface area contributed by atoms with E-state index >= 15 is 0 Å². The summed E-state index contributed by atoms with van der Waals surface area (Å²) in [4.78, 5) is -0.149. The number of hydrogen-bond acceptors (Lipinski definition) is 4. The SMILES string of the molecule is CC1OCCC1NS(=O)(=O)c1c(Cl)cc(N)cc1Cl. The molecule has 5 nitrogen and oxygen atoms in total. The Morgan fingerprint density at radius 1 is 1.37 bits per heavy atom. The third-order valence-corrected chi connectivity index (χ3v) is 5.38. The highest BCUT2D eigenvalue weighted by Gasteiger charge is 2.31. The van der Waals surface area contributed by atoms with Crippen molar-refractivity contribution in [3.8, 4) is 0 Å². The highest BCUT2D eigenvalue weighted by Crippen LogP contribution is 2.32. The first kappa shape index (κ1) is 14.9. The fraction of sp³-hybridized carbons (Fsp3) is 0.455. The highest BCUT2D eigenvalue weighted by atomic mass is 35.5. The maximum absolute atomic E-state index is 12.3. The van der Waals surface area contributed by atoms with E-state index in [-0.39, 0.29) is 27.1 Å². The van der Waals surface area contributed by atoms with Crippen LogP contribution in [0, 0.1) is 0 Å². The van der Waals surface area contributed by atoms with Gasteiger partial charge in [-0.1, -0.05) is 23.2 Å². The van der Waals surface area contributed by atoms with Crippen molar-refractivity contribution in [1.29, 1.82) is 0 Å². The quantitative estimate of drug-likeness (QED) is 0.833. The first-order chi connectivity index (χ1) is 8.81. The Kier molecular flexibility index (Phi) is 4.27. The van der Waals surface area contributed by atoms with Crippen molar-refractivity contribution >= 4 is 38.9 Å². The molecule has 2 unspecified atom stereocenters. The van der Waals surface area contributed by atoms with E-state index in [1.807, 2.05) is 6.92 Å². The number of halogens is 2. The van der Waals surface area contributed by atoms with Gasteiger partial charge in [0.2, 0.25) is 10.0 Å². The predicted molar refractivity (Wildman–Crippen MR) is 75.0 cm³/mol. The minimum Gasteiger partial charge on any atom is -0.399 e. The van der Waals surface area contributed by atoms with Crippen LogP contribution in [-0.2, 0) is 14.8 Å². The molecule has 1 aliphatic heterocycles. The maximum Gasteiger partial charge on any atom is 0.243 e. The van der Waals surface area contributed by atoms with E-state index in [9.17, 15) is 8.42 Å². The first-order valence-electron chi connectivity index (χ1n) is 5.69. The van der Waals surface area contributed by atoms with Crippen molar-refractivity contribution in [2.45, 2.75) is 30.4 Å². The number of benzene rings is 1. The summed E-state index contributed by atoms with van der Waals surface area (Å²) >= 11 is 11.9. The lowest BCUT2D eigenvalue weighted by atomic mass is 10.2. The Hall–Kier alpha value is -0.530. The van der Waals surface area contributed by atoms with Crippen LogP contribution in [-0.4, -0.2) is 27.2 Å². The molecule has 106 valence electrons. The van der Waals surface area contributed by atoms with Gasteiger partial charge in [-0.2, -0.15) is 0 Å². The predicted octanol–water partition coefficient (Wildman–Crippen LogP) is 2.03. The van der Waals surface area contributed by atoms with Gasteiger partial charge in [0.25, 0.3) is 0 Å². The van der Waals surface area contributed by atoms with Gasteiger partial charge in [0.1, 0.15) is 4.90 Å². The number of nitrogens with two attached hydrogens (primary N) is 1. The molecule has 2 atom stereocenters. The van der Waals surface area contributed by atoms with Crippen molar-refractivity contribution in [2.24, 2.45) is 0 Å². The molecule has 1 fully saturated rings. The van der Waals surface area contributed by atoms with Crippen LogP contribution in [0.15, 0.2) is 17.0 Å². The largest absolute Gasteiger partial charge is 0.399 e. The van der Waals surface area contributed by atoms with Crippen molar-refractivity contribution in [3.63, 3.8) is 0 Å². The molecule has 1 saturated heterocycles. The van der Waals surface area contributed by atoms with Gasteiger partial charge in [-0.15, -0.1) is 0 Å². The normalized spacial score (nSPS) is 23.7. The van der Waals surface area contributed by atoms with Gasteiger partial charge in [0.15, 0.2) is 0 Å². The summed E-state index contributed by atoms with van der Waals surface area (Å²) < 4.78 is 32.5. The Balaban J connectivity index is 2.34. The number of sulfonamides is 1. The van der Waals surface area contributed by atoms with E-state index in [2.05, 4.69) is 4.72 Å². The summed E-state index contributed by atoms with van der Waals surface area (Å²) in [7, 11) is -3.80. The summed E-state index contributed by atoms with van der Waals surface area (Å²) in [5, 5.41) is 0.00753. The lowest BCUT2D eigenvalue weighted by Gasteiger charge is -2.17. The molecule has 1 heterocycles. The van der Waals surface area contributed by atoms with Crippen molar-refractivity contribution in [2.75, 3.05) is 12.3 Å². The monoisotopic (exact) mass is 324 g/mol. The van der Waals surface area contributed by atoms with Gasteiger partial charge in [-0.3, -0.25) is 0 Å². The number of anilines is 1. The topological polar surface area (TPSA) is 81.4 Å². The Labute approximate surface area is 122 Å². The van der Waals surface area contributed by atoms with E-state index in [4.69, 9.17) is 33.7 Å². The van der Waals surface area contributed by atoms with Gasteiger partial charge in [0, 0.05) is 12.3 Å². The molecular formula is C11H14Cl2N2O3S. The molecule has 1 aliphatic rings. The second-order valence-electron chi connectivity index (χ2n) is 4.41. The van der Waals surface area contributed by atoms with Crippen LogP contribution in [0.4, 0.5) is 5.69 Å². The Bertz CT molecular complexity index is 569. The molecule has 0 aliphatic carbocycles. The summed E-state index contributed by atoms with van der Waals surface area (Å²) in [5.41, 5.74) is 5.86. The minimum atomic E-state index is -3.80. The van der Waals surface area contributed by atoms with Gasteiger partial charge in [-0.05, 0) is 25.5 Å². The molecule has 19 heavy (non-hydrogen) atoms. The van der Waals surface area contributed by atoms with Crippen LogP contribution in [0.2, 0.25) is 10.0 Å². The number of hydrogen-bond donors (Lipinski definition) is 2. The molecule has 8 heteroatoms. The summed E-state index contributed by atoms with van der Waals surface area (Å²) in [6.45, 7) is 2.34. The number of rotatable bonds is 3.